The molecule has 0 aliphatic heterocycles. The summed E-state index contributed by atoms with van der Waals surface area (Å²) in [7, 11) is -3.62. The van der Waals surface area contributed by atoms with Gasteiger partial charge in [-0.05, 0) is 43.0 Å². The van der Waals surface area contributed by atoms with E-state index in [-0.39, 0.29) is 10.8 Å². The van der Waals surface area contributed by atoms with Crippen molar-refractivity contribution in [2.45, 2.75) is 38.6 Å². The lowest BCUT2D eigenvalue weighted by molar-refractivity contribution is 0.0752. The molecule has 1 N–H and O–H groups in total. The largest absolute Gasteiger partial charge is 0.335 e. The zero-order valence-electron chi connectivity index (χ0n) is 16.2. The van der Waals surface area contributed by atoms with Crippen molar-refractivity contribution < 1.29 is 13.2 Å². The van der Waals surface area contributed by atoms with Crippen molar-refractivity contribution in [1.82, 2.24) is 9.62 Å². The van der Waals surface area contributed by atoms with Crippen molar-refractivity contribution in [3.05, 3.63) is 65.7 Å². The van der Waals surface area contributed by atoms with E-state index in [1.54, 1.807) is 17.0 Å². The summed E-state index contributed by atoms with van der Waals surface area (Å²) in [4.78, 5) is 14.7. The van der Waals surface area contributed by atoms with Crippen LogP contribution >= 0.6 is 0 Å². The maximum atomic E-state index is 12.9. The minimum atomic E-state index is -3.62. The summed E-state index contributed by atoms with van der Waals surface area (Å²) in [6.07, 6.45) is 0.762. The van der Waals surface area contributed by atoms with Gasteiger partial charge in [0, 0.05) is 25.2 Å². The monoisotopic (exact) mass is 388 g/mol. The molecular formula is C21H28N2O3S. The van der Waals surface area contributed by atoms with Crippen molar-refractivity contribution in [2.24, 2.45) is 5.92 Å². The van der Waals surface area contributed by atoms with E-state index in [4.69, 9.17) is 0 Å². The second kappa shape index (κ2) is 9.67. The fraction of sp³-hybridized carbons (Fsp3) is 0.381. The maximum absolute atomic E-state index is 12.9. The van der Waals surface area contributed by atoms with Gasteiger partial charge in [-0.15, -0.1) is 0 Å². The summed E-state index contributed by atoms with van der Waals surface area (Å²) in [6, 6.07) is 16.0. The van der Waals surface area contributed by atoms with E-state index >= 15 is 0 Å². The first-order valence-corrected chi connectivity index (χ1v) is 10.7. The quantitative estimate of drug-likeness (QED) is 0.713. The van der Waals surface area contributed by atoms with Crippen LogP contribution in [0.25, 0.3) is 0 Å². The van der Waals surface area contributed by atoms with Gasteiger partial charge < -0.3 is 4.90 Å². The van der Waals surface area contributed by atoms with E-state index in [1.807, 2.05) is 51.1 Å². The highest BCUT2D eigenvalue weighted by molar-refractivity contribution is 7.89. The number of nitrogens with one attached hydrogen (secondary N) is 1. The van der Waals surface area contributed by atoms with Gasteiger partial charge in [-0.3, -0.25) is 4.79 Å². The summed E-state index contributed by atoms with van der Waals surface area (Å²) in [6.45, 7) is 7.40. The molecule has 0 saturated heterocycles. The zero-order valence-corrected chi connectivity index (χ0v) is 17.0. The number of carbonyl (C=O) groups is 1. The number of rotatable bonds is 9. The molecule has 146 valence electrons. The predicted octanol–water partition coefficient (Wildman–Crippen LogP) is 3.67. The Morgan fingerprint density at radius 1 is 1.07 bits per heavy atom. The molecule has 0 unspecified atom stereocenters. The molecule has 0 bridgehead atoms. The molecule has 6 heteroatoms. The Morgan fingerprint density at radius 2 is 1.78 bits per heavy atom. The Labute approximate surface area is 162 Å². The van der Waals surface area contributed by atoms with Crippen LogP contribution in [0.15, 0.2) is 59.5 Å². The Hall–Kier alpha value is -2.18. The molecule has 0 saturated carbocycles. The van der Waals surface area contributed by atoms with Gasteiger partial charge in [0.2, 0.25) is 10.0 Å². The smallest absolute Gasteiger partial charge is 0.254 e. The van der Waals surface area contributed by atoms with Gasteiger partial charge in [0.15, 0.2) is 0 Å². The molecule has 2 aromatic rings. The second-order valence-electron chi connectivity index (χ2n) is 6.91. The Morgan fingerprint density at radius 3 is 2.41 bits per heavy atom. The Bertz CT molecular complexity index is 849. The molecule has 0 aromatic heterocycles. The van der Waals surface area contributed by atoms with Gasteiger partial charge in [0.05, 0.1) is 4.90 Å². The van der Waals surface area contributed by atoms with Crippen molar-refractivity contribution in [3.63, 3.8) is 0 Å². The van der Waals surface area contributed by atoms with Crippen molar-refractivity contribution in [2.75, 3.05) is 13.1 Å². The van der Waals surface area contributed by atoms with Crippen molar-refractivity contribution >= 4 is 15.9 Å². The lowest BCUT2D eigenvalue weighted by Gasteiger charge is -2.21. The zero-order chi connectivity index (χ0) is 19.9. The lowest BCUT2D eigenvalue weighted by atomic mass is 10.1. The molecule has 1 amide bonds. The van der Waals surface area contributed by atoms with Crippen molar-refractivity contribution in [3.8, 4) is 0 Å². The summed E-state index contributed by atoms with van der Waals surface area (Å²) in [5, 5.41) is 0. The molecule has 0 heterocycles. The topological polar surface area (TPSA) is 66.5 Å². The minimum Gasteiger partial charge on any atom is -0.335 e. The van der Waals surface area contributed by atoms with Gasteiger partial charge in [0.25, 0.3) is 5.91 Å². The third-order valence-electron chi connectivity index (χ3n) is 4.29. The van der Waals surface area contributed by atoms with Gasteiger partial charge in [-0.25, -0.2) is 13.1 Å². The minimum absolute atomic E-state index is 0.118. The predicted molar refractivity (Wildman–Crippen MR) is 108 cm³/mol. The van der Waals surface area contributed by atoms with Crippen LogP contribution in [0.1, 0.15) is 43.1 Å². The molecule has 0 radical (unpaired) electrons. The van der Waals surface area contributed by atoms with E-state index in [9.17, 15) is 13.2 Å². The highest BCUT2D eigenvalue weighted by Gasteiger charge is 2.19. The first-order valence-electron chi connectivity index (χ1n) is 9.26. The summed E-state index contributed by atoms with van der Waals surface area (Å²) in [5.41, 5.74) is 1.41. The van der Waals surface area contributed by atoms with Crippen LogP contribution in [0.2, 0.25) is 0 Å². The Kier molecular flexibility index (Phi) is 7.56. The summed E-state index contributed by atoms with van der Waals surface area (Å²) in [5.74, 6) is 0.234. The van der Waals surface area contributed by atoms with Crippen LogP contribution in [-0.4, -0.2) is 32.3 Å². The molecule has 0 aliphatic rings. The molecule has 2 rings (SSSR count). The number of carbonyl (C=O) groups excluding carboxylic acids is 1. The SMILES string of the molecule is CCN(Cc1ccccc1)C(=O)c1cccc(S(=O)(=O)NCCC(C)C)c1. The first kappa shape index (κ1) is 21.1. The first-order chi connectivity index (χ1) is 12.8. The van der Waals surface area contributed by atoms with E-state index in [0.29, 0.717) is 31.1 Å². The number of hydrogen-bond donors (Lipinski definition) is 1. The standard InChI is InChI=1S/C21H28N2O3S/c1-4-23(16-18-9-6-5-7-10-18)21(24)19-11-8-12-20(15-19)27(25,26)22-14-13-17(2)3/h5-12,15,17,22H,4,13-14,16H2,1-3H3. The van der Waals surface area contributed by atoms with Gasteiger partial charge >= 0.3 is 0 Å². The van der Waals surface area contributed by atoms with Crippen LogP contribution < -0.4 is 4.72 Å². The number of sulfonamides is 1. The second-order valence-corrected chi connectivity index (χ2v) is 8.68. The number of nitrogens with zero attached hydrogens (tertiary/aromatic N) is 1. The van der Waals surface area contributed by atoms with Crippen LogP contribution in [0, 0.1) is 5.92 Å². The number of benzene rings is 2. The maximum Gasteiger partial charge on any atom is 0.254 e. The molecular weight excluding hydrogens is 360 g/mol. The average Bonchev–Trinajstić information content (AvgIpc) is 2.66. The van der Waals surface area contributed by atoms with E-state index in [1.165, 1.54) is 12.1 Å². The van der Waals surface area contributed by atoms with Crippen molar-refractivity contribution in [1.29, 1.82) is 0 Å². The van der Waals surface area contributed by atoms with Crippen LogP contribution in [0.3, 0.4) is 0 Å². The fourth-order valence-electron chi connectivity index (χ4n) is 2.68. The third kappa shape index (κ3) is 6.19. The van der Waals surface area contributed by atoms with Gasteiger partial charge in [0.1, 0.15) is 0 Å². The summed E-state index contributed by atoms with van der Waals surface area (Å²) >= 11 is 0. The highest BCUT2D eigenvalue weighted by atomic mass is 32.2. The average molecular weight is 389 g/mol. The van der Waals surface area contributed by atoms with E-state index in [2.05, 4.69) is 4.72 Å². The lowest BCUT2D eigenvalue weighted by Crippen LogP contribution is -2.31. The van der Waals surface area contributed by atoms with Gasteiger partial charge in [-0.2, -0.15) is 0 Å². The fourth-order valence-corrected chi connectivity index (χ4v) is 3.77. The molecule has 0 spiro atoms. The van der Waals surface area contributed by atoms with E-state index in [0.717, 1.165) is 12.0 Å². The van der Waals surface area contributed by atoms with E-state index < -0.39 is 10.0 Å². The number of amides is 1. The molecule has 2 aromatic carbocycles. The summed E-state index contributed by atoms with van der Waals surface area (Å²) < 4.78 is 27.6. The molecule has 0 fully saturated rings. The molecule has 0 atom stereocenters. The highest BCUT2D eigenvalue weighted by Crippen LogP contribution is 2.15. The molecule has 5 nitrogen and oxygen atoms in total. The number of hydrogen-bond acceptors (Lipinski definition) is 3. The normalized spacial score (nSPS) is 11.6. The molecule has 0 aliphatic carbocycles. The van der Waals surface area contributed by atoms with Gasteiger partial charge in [-0.1, -0.05) is 50.2 Å². The van der Waals surface area contributed by atoms with Crippen LogP contribution in [-0.2, 0) is 16.6 Å². The molecule has 27 heavy (non-hydrogen) atoms. The Balaban J connectivity index is 2.16. The van der Waals surface area contributed by atoms with Crippen LogP contribution in [0.4, 0.5) is 0 Å². The third-order valence-corrected chi connectivity index (χ3v) is 5.75. The van der Waals surface area contributed by atoms with Crippen LogP contribution in [0.5, 0.6) is 0 Å².